The monoisotopic (exact) mass is 240 g/mol. The molecular weight excluding hydrogens is 220 g/mol. The van der Waals surface area contributed by atoms with Crippen molar-refractivity contribution in [3.63, 3.8) is 0 Å². The Kier molecular flexibility index (Phi) is 6.80. The summed E-state index contributed by atoms with van der Waals surface area (Å²) >= 11 is 0. The number of aliphatic carboxylic acids is 1. The zero-order chi connectivity index (χ0) is 13.3. The van der Waals surface area contributed by atoms with Crippen LogP contribution in [0.3, 0.4) is 0 Å². The van der Waals surface area contributed by atoms with Crippen LogP contribution < -0.4 is 10.6 Å². The molecule has 0 aromatic carbocycles. The van der Waals surface area contributed by atoms with E-state index in [2.05, 4.69) is 16.6 Å². The maximum Gasteiger partial charge on any atom is 0.315 e. The number of carboxylic acid groups (broad SMARTS) is 1. The molecule has 0 aliphatic rings. The van der Waals surface area contributed by atoms with Crippen LogP contribution in [0.15, 0.2) is 0 Å². The van der Waals surface area contributed by atoms with Crippen LogP contribution in [0.1, 0.15) is 39.5 Å². The van der Waals surface area contributed by atoms with Crippen molar-refractivity contribution in [3.8, 4) is 12.3 Å². The van der Waals surface area contributed by atoms with Gasteiger partial charge >= 0.3 is 12.0 Å². The highest BCUT2D eigenvalue weighted by Crippen LogP contribution is 2.10. The highest BCUT2D eigenvalue weighted by atomic mass is 16.4. The number of unbranched alkanes of at least 4 members (excludes halogenated alkanes) is 1. The molecule has 0 bridgehead atoms. The summed E-state index contributed by atoms with van der Waals surface area (Å²) in [4.78, 5) is 21.9. The van der Waals surface area contributed by atoms with Crippen molar-refractivity contribution in [1.29, 1.82) is 0 Å². The second-order valence-electron chi connectivity index (χ2n) is 4.47. The fraction of sp³-hybridized carbons (Fsp3) is 0.667. The molecule has 2 amide bonds. The van der Waals surface area contributed by atoms with E-state index in [0.717, 1.165) is 6.42 Å². The van der Waals surface area contributed by atoms with Crippen molar-refractivity contribution < 1.29 is 14.7 Å². The molecule has 0 heterocycles. The van der Waals surface area contributed by atoms with E-state index in [1.54, 1.807) is 13.8 Å². The zero-order valence-corrected chi connectivity index (χ0v) is 10.4. The summed E-state index contributed by atoms with van der Waals surface area (Å²) in [5.74, 6) is 1.62. The number of nitrogens with one attached hydrogen (secondary N) is 2. The molecule has 0 aromatic heterocycles. The smallest absolute Gasteiger partial charge is 0.315 e. The molecule has 0 aromatic rings. The van der Waals surface area contributed by atoms with Gasteiger partial charge in [-0.05, 0) is 26.7 Å². The van der Waals surface area contributed by atoms with Gasteiger partial charge in [0.05, 0.1) is 0 Å². The number of rotatable bonds is 7. The lowest BCUT2D eigenvalue weighted by molar-refractivity contribution is -0.137. The Morgan fingerprint density at radius 2 is 2.06 bits per heavy atom. The second kappa shape index (κ2) is 7.55. The summed E-state index contributed by atoms with van der Waals surface area (Å²) in [6.45, 7) is 4.10. The van der Waals surface area contributed by atoms with Crippen molar-refractivity contribution in [1.82, 2.24) is 10.6 Å². The Morgan fingerprint density at radius 3 is 2.59 bits per heavy atom. The maximum absolute atomic E-state index is 11.4. The lowest BCUT2D eigenvalue weighted by Crippen LogP contribution is -2.48. The quantitative estimate of drug-likeness (QED) is 0.464. The van der Waals surface area contributed by atoms with E-state index in [0.29, 0.717) is 19.4 Å². The third kappa shape index (κ3) is 9.24. The summed E-state index contributed by atoms with van der Waals surface area (Å²) in [6, 6.07) is -0.294. The van der Waals surface area contributed by atoms with Gasteiger partial charge in [0.15, 0.2) is 0 Å². The van der Waals surface area contributed by atoms with E-state index >= 15 is 0 Å². The number of amides is 2. The SMILES string of the molecule is C#CCCCNC(=O)NC(C)(C)CCC(=O)O. The molecule has 0 saturated heterocycles. The normalized spacial score (nSPS) is 10.4. The predicted octanol–water partition coefficient (Wildman–Crippen LogP) is 1.34. The van der Waals surface area contributed by atoms with Crippen molar-refractivity contribution in [3.05, 3.63) is 0 Å². The molecule has 0 radical (unpaired) electrons. The van der Waals surface area contributed by atoms with Crippen LogP contribution in [0.25, 0.3) is 0 Å². The third-order valence-corrected chi connectivity index (χ3v) is 2.20. The van der Waals surface area contributed by atoms with Crippen LogP contribution in [-0.2, 0) is 4.79 Å². The third-order valence-electron chi connectivity index (χ3n) is 2.20. The molecule has 17 heavy (non-hydrogen) atoms. The van der Waals surface area contributed by atoms with Gasteiger partial charge in [0.1, 0.15) is 0 Å². The summed E-state index contributed by atoms with van der Waals surface area (Å²) in [5.41, 5.74) is -0.533. The van der Waals surface area contributed by atoms with Gasteiger partial charge in [0.2, 0.25) is 0 Å². The van der Waals surface area contributed by atoms with Crippen LogP contribution >= 0.6 is 0 Å². The van der Waals surface area contributed by atoms with Gasteiger partial charge in [-0.2, -0.15) is 0 Å². The minimum absolute atomic E-state index is 0.0321. The first-order valence-electron chi connectivity index (χ1n) is 5.58. The Morgan fingerprint density at radius 1 is 1.41 bits per heavy atom. The fourth-order valence-electron chi connectivity index (χ4n) is 1.23. The molecule has 0 aliphatic heterocycles. The predicted molar refractivity (Wildman–Crippen MR) is 65.6 cm³/mol. The van der Waals surface area contributed by atoms with Crippen LogP contribution in [0.5, 0.6) is 0 Å². The number of hydrogen-bond donors (Lipinski definition) is 3. The molecule has 0 fully saturated rings. The lowest BCUT2D eigenvalue weighted by atomic mass is 9.99. The van der Waals surface area contributed by atoms with Gasteiger partial charge in [0.25, 0.3) is 0 Å². The van der Waals surface area contributed by atoms with Gasteiger partial charge in [-0.15, -0.1) is 12.3 Å². The largest absolute Gasteiger partial charge is 0.481 e. The fourth-order valence-corrected chi connectivity index (χ4v) is 1.23. The summed E-state index contributed by atoms with van der Waals surface area (Å²) in [6.07, 6.45) is 6.87. The number of terminal acetylenes is 1. The van der Waals surface area contributed by atoms with Crippen molar-refractivity contribution in [2.75, 3.05) is 6.54 Å². The summed E-state index contributed by atoms with van der Waals surface area (Å²) in [7, 11) is 0. The Bertz CT molecular complexity index is 305. The highest BCUT2D eigenvalue weighted by Gasteiger charge is 2.21. The van der Waals surface area contributed by atoms with E-state index in [1.165, 1.54) is 0 Å². The summed E-state index contributed by atoms with van der Waals surface area (Å²) in [5, 5.41) is 14.0. The Hall–Kier alpha value is -1.70. The topological polar surface area (TPSA) is 78.4 Å². The average molecular weight is 240 g/mol. The van der Waals surface area contributed by atoms with Crippen LogP contribution in [0.2, 0.25) is 0 Å². The lowest BCUT2D eigenvalue weighted by Gasteiger charge is -2.25. The van der Waals surface area contributed by atoms with Crippen LogP contribution in [0.4, 0.5) is 4.79 Å². The minimum Gasteiger partial charge on any atom is -0.481 e. The first kappa shape index (κ1) is 15.3. The number of carboxylic acids is 1. The van der Waals surface area contributed by atoms with Gasteiger partial charge in [0, 0.05) is 24.9 Å². The molecule has 0 saturated carbocycles. The average Bonchev–Trinajstić information content (AvgIpc) is 2.21. The van der Waals surface area contributed by atoms with Gasteiger partial charge in [-0.25, -0.2) is 4.79 Å². The Balaban J connectivity index is 3.84. The van der Waals surface area contributed by atoms with E-state index in [1.807, 2.05) is 0 Å². The van der Waals surface area contributed by atoms with Crippen LogP contribution in [0, 0.1) is 12.3 Å². The molecule has 0 aliphatic carbocycles. The van der Waals surface area contributed by atoms with Crippen molar-refractivity contribution in [2.45, 2.75) is 45.1 Å². The van der Waals surface area contributed by atoms with E-state index < -0.39 is 11.5 Å². The summed E-state index contributed by atoms with van der Waals surface area (Å²) < 4.78 is 0. The first-order valence-corrected chi connectivity index (χ1v) is 5.58. The standard InChI is InChI=1S/C12H20N2O3/c1-4-5-6-9-13-11(17)14-12(2,3)8-7-10(15)16/h1H,5-9H2,2-3H3,(H,15,16)(H2,13,14,17). The van der Waals surface area contributed by atoms with Gasteiger partial charge < -0.3 is 15.7 Å². The molecule has 0 unspecified atom stereocenters. The van der Waals surface area contributed by atoms with Crippen LogP contribution in [-0.4, -0.2) is 29.2 Å². The molecule has 5 heteroatoms. The molecule has 0 atom stereocenters. The Labute approximate surface area is 102 Å². The number of carbonyl (C=O) groups excluding carboxylic acids is 1. The maximum atomic E-state index is 11.4. The van der Waals surface area contributed by atoms with Crippen molar-refractivity contribution in [2.24, 2.45) is 0 Å². The zero-order valence-electron chi connectivity index (χ0n) is 10.4. The minimum atomic E-state index is -0.866. The highest BCUT2D eigenvalue weighted by molar-refractivity contribution is 5.74. The van der Waals surface area contributed by atoms with E-state index in [9.17, 15) is 9.59 Å². The molecule has 5 nitrogen and oxygen atoms in total. The van der Waals surface area contributed by atoms with Gasteiger partial charge in [-0.3, -0.25) is 4.79 Å². The number of carbonyl (C=O) groups is 2. The first-order chi connectivity index (χ1) is 7.87. The number of hydrogen-bond acceptors (Lipinski definition) is 2. The number of urea groups is 1. The second-order valence-corrected chi connectivity index (χ2v) is 4.47. The molecule has 0 rings (SSSR count). The van der Waals surface area contributed by atoms with E-state index in [-0.39, 0.29) is 12.5 Å². The molecule has 3 N–H and O–H groups in total. The molecular formula is C12H20N2O3. The molecule has 96 valence electrons. The van der Waals surface area contributed by atoms with Gasteiger partial charge in [-0.1, -0.05) is 0 Å². The van der Waals surface area contributed by atoms with E-state index in [4.69, 9.17) is 11.5 Å². The van der Waals surface area contributed by atoms with Crippen molar-refractivity contribution >= 4 is 12.0 Å². The molecule has 0 spiro atoms.